The molecule has 1 aliphatic heterocycles. The second-order valence-electron chi connectivity index (χ2n) is 5.45. The topological polar surface area (TPSA) is 79.6 Å². The third kappa shape index (κ3) is 3.55. The maximum Gasteiger partial charge on any atom is 0.303 e. The van der Waals surface area contributed by atoms with Gasteiger partial charge in [0.2, 0.25) is 5.28 Å². The van der Waals surface area contributed by atoms with Crippen molar-refractivity contribution in [1.82, 2.24) is 9.55 Å². The lowest BCUT2D eigenvalue weighted by molar-refractivity contribution is -0.164. The van der Waals surface area contributed by atoms with Gasteiger partial charge in [-0.15, -0.1) is 0 Å². The summed E-state index contributed by atoms with van der Waals surface area (Å²) in [5, 5.41) is 0.738. The van der Waals surface area contributed by atoms with Gasteiger partial charge in [-0.25, -0.2) is 4.98 Å². The molecule has 0 spiro atoms. The molecule has 1 saturated heterocycles. The van der Waals surface area contributed by atoms with Gasteiger partial charge in [-0.1, -0.05) is 23.2 Å². The summed E-state index contributed by atoms with van der Waals surface area (Å²) in [5.74, 6) is -1.05. The summed E-state index contributed by atoms with van der Waals surface area (Å²) in [6, 6.07) is 3.16. The molecule has 10 heteroatoms. The molecule has 2 heterocycles. The smallest absolute Gasteiger partial charge is 0.303 e. The second-order valence-corrected chi connectivity index (χ2v) is 6.60. The number of imidazole rings is 1. The van der Waals surface area contributed by atoms with Gasteiger partial charge in [0.1, 0.15) is 0 Å². The summed E-state index contributed by atoms with van der Waals surface area (Å²) in [7, 11) is 0. The van der Waals surface area contributed by atoms with Gasteiger partial charge in [0.15, 0.2) is 18.4 Å². The van der Waals surface area contributed by atoms with E-state index in [0.29, 0.717) is 21.1 Å². The molecule has 1 aliphatic rings. The van der Waals surface area contributed by atoms with Crippen LogP contribution in [0.4, 0.5) is 0 Å². The van der Waals surface area contributed by atoms with E-state index in [1.54, 1.807) is 12.1 Å². The summed E-state index contributed by atoms with van der Waals surface area (Å²) in [4.78, 5) is 27.0. The van der Waals surface area contributed by atoms with Gasteiger partial charge in [-0.2, -0.15) is 0 Å². The van der Waals surface area contributed by atoms with Gasteiger partial charge in [-0.3, -0.25) is 14.2 Å². The summed E-state index contributed by atoms with van der Waals surface area (Å²) >= 11 is 18.3. The highest BCUT2D eigenvalue weighted by Gasteiger charge is 2.44. The van der Waals surface area contributed by atoms with Crippen molar-refractivity contribution in [2.45, 2.75) is 32.3 Å². The largest absolute Gasteiger partial charge is 0.456 e. The summed E-state index contributed by atoms with van der Waals surface area (Å²) < 4.78 is 17.7. The normalized spacial score (nSPS) is 23.0. The minimum absolute atomic E-state index is 0.0412. The molecule has 25 heavy (non-hydrogen) atoms. The molecule has 2 aromatic rings. The van der Waals surface area contributed by atoms with Crippen LogP contribution in [0, 0.1) is 0 Å². The molecule has 134 valence electrons. The van der Waals surface area contributed by atoms with Crippen LogP contribution in [0.5, 0.6) is 0 Å². The van der Waals surface area contributed by atoms with E-state index >= 15 is 0 Å². The number of carbonyl (C=O) groups is 2. The van der Waals surface area contributed by atoms with E-state index in [2.05, 4.69) is 4.98 Å². The van der Waals surface area contributed by atoms with E-state index in [-0.39, 0.29) is 11.9 Å². The van der Waals surface area contributed by atoms with Crippen molar-refractivity contribution in [3.8, 4) is 0 Å². The van der Waals surface area contributed by atoms with Crippen LogP contribution in [0.1, 0.15) is 20.1 Å². The Balaban J connectivity index is 2.06. The second kappa shape index (κ2) is 6.99. The standard InChI is InChI=1S/C15H13Cl3N2O5/c1-6(21)24-12-5-23-14(13(12)25-7(2)22)20-11-4-9(17)8(16)3-10(11)19-15(20)18/h3-4,12-14H,5H2,1-2H3/t12-,13?,14+/m0/s1. The number of esters is 2. The van der Waals surface area contributed by atoms with Crippen LogP contribution in [0.15, 0.2) is 12.1 Å². The van der Waals surface area contributed by atoms with Crippen LogP contribution in [0.2, 0.25) is 15.3 Å². The first-order valence-electron chi connectivity index (χ1n) is 7.26. The Labute approximate surface area is 157 Å². The van der Waals surface area contributed by atoms with Gasteiger partial charge < -0.3 is 14.2 Å². The van der Waals surface area contributed by atoms with Crippen molar-refractivity contribution in [3.63, 3.8) is 0 Å². The van der Waals surface area contributed by atoms with Gasteiger partial charge in [0, 0.05) is 13.8 Å². The van der Waals surface area contributed by atoms with Crippen molar-refractivity contribution in [2.24, 2.45) is 0 Å². The monoisotopic (exact) mass is 406 g/mol. The fourth-order valence-corrected chi connectivity index (χ4v) is 3.33. The Kier molecular flexibility index (Phi) is 5.11. The van der Waals surface area contributed by atoms with Crippen molar-refractivity contribution in [2.75, 3.05) is 6.61 Å². The molecule has 0 saturated carbocycles. The van der Waals surface area contributed by atoms with Gasteiger partial charge >= 0.3 is 11.9 Å². The Morgan fingerprint density at radius 3 is 2.44 bits per heavy atom. The number of halogens is 3. The van der Waals surface area contributed by atoms with Crippen LogP contribution in [0.3, 0.4) is 0 Å². The molecule has 0 N–H and O–H groups in total. The Hall–Kier alpha value is -1.54. The minimum Gasteiger partial charge on any atom is -0.456 e. The quantitative estimate of drug-likeness (QED) is 0.726. The highest BCUT2D eigenvalue weighted by molar-refractivity contribution is 6.42. The van der Waals surface area contributed by atoms with Crippen LogP contribution < -0.4 is 0 Å². The molecular weight excluding hydrogens is 395 g/mol. The number of carbonyl (C=O) groups excluding carboxylic acids is 2. The number of nitrogens with zero attached hydrogens (tertiary/aromatic N) is 2. The van der Waals surface area contributed by atoms with Crippen molar-refractivity contribution in [1.29, 1.82) is 0 Å². The van der Waals surface area contributed by atoms with Crippen molar-refractivity contribution in [3.05, 3.63) is 27.5 Å². The molecule has 1 fully saturated rings. The molecule has 7 nitrogen and oxygen atoms in total. The molecule has 1 aromatic carbocycles. The van der Waals surface area contributed by atoms with E-state index in [0.717, 1.165) is 0 Å². The van der Waals surface area contributed by atoms with Crippen LogP contribution in [-0.4, -0.2) is 40.3 Å². The summed E-state index contributed by atoms with van der Waals surface area (Å²) in [6.45, 7) is 2.56. The lowest BCUT2D eigenvalue weighted by Crippen LogP contribution is -2.36. The van der Waals surface area contributed by atoms with Gasteiger partial charge in [-0.05, 0) is 23.7 Å². The number of ether oxygens (including phenoxy) is 3. The predicted octanol–water partition coefficient (Wildman–Crippen LogP) is 3.39. The zero-order valence-electron chi connectivity index (χ0n) is 13.2. The highest BCUT2D eigenvalue weighted by Crippen LogP contribution is 2.37. The number of hydrogen-bond donors (Lipinski definition) is 0. The first kappa shape index (κ1) is 18.3. The molecule has 0 aliphatic carbocycles. The summed E-state index contributed by atoms with van der Waals surface area (Å²) in [6.07, 6.45) is -2.48. The maximum atomic E-state index is 11.5. The Bertz CT molecular complexity index is 853. The molecule has 1 unspecified atom stereocenters. The Morgan fingerprint density at radius 2 is 1.80 bits per heavy atom. The molecule has 0 amide bonds. The van der Waals surface area contributed by atoms with Crippen LogP contribution >= 0.6 is 34.8 Å². The Morgan fingerprint density at radius 1 is 1.16 bits per heavy atom. The molecule has 0 radical (unpaired) electrons. The predicted molar refractivity (Wildman–Crippen MR) is 90.9 cm³/mol. The summed E-state index contributed by atoms with van der Waals surface area (Å²) in [5.41, 5.74) is 1.05. The number of rotatable bonds is 3. The first-order valence-corrected chi connectivity index (χ1v) is 8.40. The van der Waals surface area contributed by atoms with E-state index in [1.165, 1.54) is 18.4 Å². The minimum atomic E-state index is -0.884. The number of fused-ring (bicyclic) bond motifs is 1. The maximum absolute atomic E-state index is 11.5. The molecule has 0 bridgehead atoms. The van der Waals surface area contributed by atoms with E-state index in [4.69, 9.17) is 49.0 Å². The highest BCUT2D eigenvalue weighted by atomic mass is 35.5. The first-order chi connectivity index (χ1) is 11.8. The molecule has 3 atom stereocenters. The van der Waals surface area contributed by atoms with Crippen molar-refractivity contribution >= 4 is 57.8 Å². The fourth-order valence-electron chi connectivity index (χ4n) is 2.73. The zero-order valence-corrected chi connectivity index (χ0v) is 15.4. The molecule has 1 aromatic heterocycles. The molecule has 3 rings (SSSR count). The number of aromatic nitrogens is 2. The SMILES string of the molecule is CC(=O)OC1[C@@H](OC(C)=O)CO[C@H]1n1c(Cl)nc2cc(Cl)c(Cl)cc21. The average molecular weight is 408 g/mol. The van der Waals surface area contributed by atoms with Crippen LogP contribution in [-0.2, 0) is 23.8 Å². The van der Waals surface area contributed by atoms with Crippen LogP contribution in [0.25, 0.3) is 11.0 Å². The van der Waals surface area contributed by atoms with Gasteiger partial charge in [0.25, 0.3) is 0 Å². The average Bonchev–Trinajstić information content (AvgIpc) is 3.00. The lowest BCUT2D eigenvalue weighted by Gasteiger charge is -2.23. The fraction of sp³-hybridized carbons (Fsp3) is 0.400. The van der Waals surface area contributed by atoms with E-state index in [1.807, 2.05) is 0 Å². The van der Waals surface area contributed by atoms with E-state index in [9.17, 15) is 9.59 Å². The number of benzene rings is 1. The molecular formula is C15H13Cl3N2O5. The number of hydrogen-bond acceptors (Lipinski definition) is 6. The third-order valence-corrected chi connectivity index (χ3v) is 4.63. The van der Waals surface area contributed by atoms with E-state index < -0.39 is 30.4 Å². The van der Waals surface area contributed by atoms with Crippen molar-refractivity contribution < 1.29 is 23.8 Å². The zero-order chi connectivity index (χ0) is 18.3. The lowest BCUT2D eigenvalue weighted by atomic mass is 10.2. The third-order valence-electron chi connectivity index (χ3n) is 3.64. The van der Waals surface area contributed by atoms with Gasteiger partial charge in [0.05, 0.1) is 27.7 Å².